The van der Waals surface area contributed by atoms with E-state index in [0.29, 0.717) is 12.1 Å². The minimum Gasteiger partial charge on any atom is -0.387 e. The van der Waals surface area contributed by atoms with E-state index >= 15 is 0 Å². The summed E-state index contributed by atoms with van der Waals surface area (Å²) in [5.74, 6) is -0.378. The summed E-state index contributed by atoms with van der Waals surface area (Å²) >= 11 is 0. The van der Waals surface area contributed by atoms with E-state index in [1.54, 1.807) is 0 Å². The number of hydrogen-bond donors (Lipinski definition) is 1. The lowest BCUT2D eigenvalue weighted by atomic mass is 10.2. The lowest BCUT2D eigenvalue weighted by molar-refractivity contribution is 0.168. The highest BCUT2D eigenvalue weighted by atomic mass is 19.1. The van der Waals surface area contributed by atoms with E-state index in [4.69, 9.17) is 0 Å². The van der Waals surface area contributed by atoms with Gasteiger partial charge in [-0.1, -0.05) is 6.92 Å². The van der Waals surface area contributed by atoms with Gasteiger partial charge in [0.05, 0.1) is 18.0 Å². The maximum atomic E-state index is 12.3. The smallest absolute Gasteiger partial charge is 0.141 e. The van der Waals surface area contributed by atoms with Gasteiger partial charge < -0.3 is 5.11 Å². The average molecular weight is 155 g/mol. The molecule has 2 nitrogen and oxygen atoms in total. The number of aromatic nitrogens is 1. The average Bonchev–Trinajstić information content (AvgIpc) is 2.05. The lowest BCUT2D eigenvalue weighted by Gasteiger charge is -2.04. The number of hydrogen-bond acceptors (Lipinski definition) is 2. The highest BCUT2D eigenvalue weighted by Gasteiger charge is 2.04. The summed E-state index contributed by atoms with van der Waals surface area (Å²) in [6.45, 7) is 1.84. The van der Waals surface area contributed by atoms with Gasteiger partial charge in [0.15, 0.2) is 0 Å². The molecule has 0 amide bonds. The largest absolute Gasteiger partial charge is 0.387 e. The first-order valence-electron chi connectivity index (χ1n) is 3.53. The molecule has 0 radical (unpaired) electrons. The van der Waals surface area contributed by atoms with E-state index < -0.39 is 6.10 Å². The summed E-state index contributed by atoms with van der Waals surface area (Å²) in [6.07, 6.45) is 1.13. The van der Waals surface area contributed by atoms with Gasteiger partial charge in [0.25, 0.3) is 0 Å². The van der Waals surface area contributed by atoms with Crippen LogP contribution >= 0.6 is 0 Å². The topological polar surface area (TPSA) is 33.1 Å². The van der Waals surface area contributed by atoms with Crippen LogP contribution in [0.25, 0.3) is 0 Å². The van der Waals surface area contributed by atoms with Crippen molar-refractivity contribution in [2.45, 2.75) is 19.4 Å². The molecule has 11 heavy (non-hydrogen) atoms. The SMILES string of the molecule is CCC(O)c1ccc(F)cn1. The number of halogens is 1. The van der Waals surface area contributed by atoms with Gasteiger partial charge >= 0.3 is 0 Å². The lowest BCUT2D eigenvalue weighted by Crippen LogP contribution is -1.98. The highest BCUT2D eigenvalue weighted by molar-refractivity contribution is 5.07. The first kappa shape index (κ1) is 8.14. The third-order valence-electron chi connectivity index (χ3n) is 1.48. The van der Waals surface area contributed by atoms with Crippen LogP contribution in [-0.2, 0) is 0 Å². The van der Waals surface area contributed by atoms with E-state index in [0.717, 1.165) is 6.20 Å². The zero-order valence-corrected chi connectivity index (χ0v) is 6.29. The van der Waals surface area contributed by atoms with E-state index in [2.05, 4.69) is 4.98 Å². The molecule has 1 unspecified atom stereocenters. The zero-order chi connectivity index (χ0) is 8.27. The van der Waals surface area contributed by atoms with Crippen LogP contribution in [0.1, 0.15) is 25.1 Å². The number of nitrogens with zero attached hydrogens (tertiary/aromatic N) is 1. The molecule has 3 heteroatoms. The van der Waals surface area contributed by atoms with Crippen LogP contribution in [0.15, 0.2) is 18.3 Å². The molecule has 1 atom stereocenters. The summed E-state index contributed by atoms with van der Waals surface area (Å²) in [7, 11) is 0. The van der Waals surface area contributed by atoms with Gasteiger partial charge in [0.1, 0.15) is 5.82 Å². The molecule has 1 N–H and O–H groups in total. The quantitative estimate of drug-likeness (QED) is 0.704. The van der Waals surface area contributed by atoms with Gasteiger partial charge in [-0.15, -0.1) is 0 Å². The first-order chi connectivity index (χ1) is 5.24. The fourth-order valence-electron chi connectivity index (χ4n) is 0.794. The van der Waals surface area contributed by atoms with Crippen LogP contribution in [-0.4, -0.2) is 10.1 Å². The van der Waals surface area contributed by atoms with Crippen LogP contribution < -0.4 is 0 Å². The van der Waals surface area contributed by atoms with Crippen molar-refractivity contribution in [2.24, 2.45) is 0 Å². The summed E-state index contributed by atoms with van der Waals surface area (Å²) in [5, 5.41) is 9.24. The first-order valence-corrected chi connectivity index (χ1v) is 3.53. The number of rotatable bonds is 2. The van der Waals surface area contributed by atoms with Gasteiger partial charge in [-0.25, -0.2) is 4.39 Å². The molecular formula is C8H10FNO. The number of aliphatic hydroxyl groups is 1. The second kappa shape index (κ2) is 3.44. The number of pyridine rings is 1. The second-order valence-corrected chi connectivity index (χ2v) is 2.33. The number of aliphatic hydroxyl groups excluding tert-OH is 1. The molecule has 0 saturated heterocycles. The Kier molecular flexibility index (Phi) is 2.54. The highest BCUT2D eigenvalue weighted by Crippen LogP contribution is 2.12. The molecule has 1 heterocycles. The molecule has 1 aromatic heterocycles. The van der Waals surface area contributed by atoms with Crippen molar-refractivity contribution in [3.63, 3.8) is 0 Å². The zero-order valence-electron chi connectivity index (χ0n) is 6.29. The van der Waals surface area contributed by atoms with Crippen molar-refractivity contribution in [3.8, 4) is 0 Å². The van der Waals surface area contributed by atoms with Crippen LogP contribution in [0, 0.1) is 5.82 Å². The molecule has 60 valence electrons. The molecule has 0 aliphatic carbocycles. The predicted molar refractivity (Wildman–Crippen MR) is 39.4 cm³/mol. The third kappa shape index (κ3) is 1.98. The van der Waals surface area contributed by atoms with Crippen molar-refractivity contribution in [3.05, 3.63) is 29.8 Å². The van der Waals surface area contributed by atoms with Gasteiger partial charge in [0.2, 0.25) is 0 Å². The van der Waals surface area contributed by atoms with E-state index in [1.165, 1.54) is 12.1 Å². The van der Waals surface area contributed by atoms with Crippen molar-refractivity contribution >= 4 is 0 Å². The van der Waals surface area contributed by atoms with Crippen LogP contribution in [0.5, 0.6) is 0 Å². The van der Waals surface area contributed by atoms with Crippen molar-refractivity contribution in [2.75, 3.05) is 0 Å². The van der Waals surface area contributed by atoms with Crippen molar-refractivity contribution in [1.82, 2.24) is 4.98 Å². The molecule has 0 saturated carbocycles. The fraction of sp³-hybridized carbons (Fsp3) is 0.375. The molecule has 0 aliphatic rings. The Morgan fingerprint density at radius 3 is 2.82 bits per heavy atom. The molecule has 1 rings (SSSR count). The Morgan fingerprint density at radius 2 is 2.36 bits per heavy atom. The molecule has 0 aliphatic heterocycles. The molecule has 0 aromatic carbocycles. The van der Waals surface area contributed by atoms with E-state index in [-0.39, 0.29) is 5.82 Å². The van der Waals surface area contributed by atoms with Gasteiger partial charge in [-0.3, -0.25) is 4.98 Å². The molecule has 0 spiro atoms. The van der Waals surface area contributed by atoms with Crippen LogP contribution in [0.4, 0.5) is 4.39 Å². The molecule has 0 fully saturated rings. The van der Waals surface area contributed by atoms with Crippen molar-refractivity contribution < 1.29 is 9.50 Å². The van der Waals surface area contributed by atoms with Crippen LogP contribution in [0.2, 0.25) is 0 Å². The minimum atomic E-state index is -0.574. The standard InChI is InChI=1S/C8H10FNO/c1-2-8(11)7-4-3-6(9)5-10-7/h3-5,8,11H,2H2,1H3. The van der Waals surface area contributed by atoms with Crippen LogP contribution in [0.3, 0.4) is 0 Å². The van der Waals surface area contributed by atoms with Gasteiger partial charge in [0, 0.05) is 0 Å². The summed E-state index contributed by atoms with van der Waals surface area (Å²) in [5.41, 5.74) is 0.522. The van der Waals surface area contributed by atoms with E-state index in [1.807, 2.05) is 6.92 Å². The van der Waals surface area contributed by atoms with Crippen molar-refractivity contribution in [1.29, 1.82) is 0 Å². The summed E-state index contributed by atoms with van der Waals surface area (Å²) in [4.78, 5) is 3.72. The Hall–Kier alpha value is -0.960. The molecule has 1 aromatic rings. The van der Waals surface area contributed by atoms with E-state index in [9.17, 15) is 9.50 Å². The summed E-state index contributed by atoms with van der Waals surface area (Å²) in [6, 6.07) is 2.78. The third-order valence-corrected chi connectivity index (χ3v) is 1.48. The van der Waals surface area contributed by atoms with Gasteiger partial charge in [-0.05, 0) is 18.6 Å². The maximum absolute atomic E-state index is 12.3. The summed E-state index contributed by atoms with van der Waals surface area (Å²) < 4.78 is 12.3. The minimum absolute atomic E-state index is 0.378. The monoisotopic (exact) mass is 155 g/mol. The second-order valence-electron chi connectivity index (χ2n) is 2.33. The molecular weight excluding hydrogens is 145 g/mol. The molecule has 0 bridgehead atoms. The normalized spacial score (nSPS) is 13.0. The maximum Gasteiger partial charge on any atom is 0.141 e. The Labute approximate surface area is 64.7 Å². The Morgan fingerprint density at radius 1 is 1.64 bits per heavy atom. The Balaban J connectivity index is 2.81. The fourth-order valence-corrected chi connectivity index (χ4v) is 0.794. The van der Waals surface area contributed by atoms with Gasteiger partial charge in [-0.2, -0.15) is 0 Å². The predicted octanol–water partition coefficient (Wildman–Crippen LogP) is 1.66. The Bertz CT molecular complexity index is 222.